The summed E-state index contributed by atoms with van der Waals surface area (Å²) in [5.74, 6) is 1.20. The van der Waals surface area contributed by atoms with Crippen LogP contribution in [-0.2, 0) is 6.54 Å². The van der Waals surface area contributed by atoms with Crippen molar-refractivity contribution < 1.29 is 9.50 Å². The number of nitrogens with zero attached hydrogens (tertiary/aromatic N) is 6. The van der Waals surface area contributed by atoms with Crippen molar-refractivity contribution in [2.24, 2.45) is 11.0 Å². The Bertz CT molecular complexity index is 1360. The Hall–Kier alpha value is -4.05. The number of rotatable bonds is 8. The van der Waals surface area contributed by atoms with Gasteiger partial charge in [0.25, 0.3) is 0 Å². The van der Waals surface area contributed by atoms with Crippen LogP contribution in [-0.4, -0.2) is 55.8 Å². The first-order valence-corrected chi connectivity index (χ1v) is 12.1. The molecule has 1 aliphatic heterocycles. The van der Waals surface area contributed by atoms with Crippen molar-refractivity contribution in [3.63, 3.8) is 0 Å². The number of halogens is 1. The third-order valence-corrected chi connectivity index (χ3v) is 6.52. The first-order valence-electron chi connectivity index (χ1n) is 12.1. The summed E-state index contributed by atoms with van der Waals surface area (Å²) in [6, 6.07) is 12.4. The second-order valence-corrected chi connectivity index (χ2v) is 9.01. The summed E-state index contributed by atoms with van der Waals surface area (Å²) in [6.45, 7) is 2.40. The fourth-order valence-corrected chi connectivity index (χ4v) is 4.52. The number of hydrogen-bond donors (Lipinski definition) is 3. The number of hydrogen-bond acceptors (Lipinski definition) is 8. The Morgan fingerprint density at radius 1 is 1.17 bits per heavy atom. The number of nitrogens with one attached hydrogen (secondary N) is 1. The largest absolute Gasteiger partial charge is 0.396 e. The fourth-order valence-electron chi connectivity index (χ4n) is 4.52. The number of nitrogen functional groups attached to an aromatic ring is 1. The van der Waals surface area contributed by atoms with Gasteiger partial charge in [0, 0.05) is 30.8 Å². The van der Waals surface area contributed by atoms with Gasteiger partial charge in [0.15, 0.2) is 0 Å². The maximum atomic E-state index is 13.6. The van der Waals surface area contributed by atoms with Gasteiger partial charge in [-0.05, 0) is 61.1 Å². The second-order valence-electron chi connectivity index (χ2n) is 9.01. The van der Waals surface area contributed by atoms with E-state index in [9.17, 15) is 4.39 Å². The van der Waals surface area contributed by atoms with E-state index in [-0.39, 0.29) is 12.4 Å². The molecular weight excluding hydrogens is 459 g/mol. The van der Waals surface area contributed by atoms with E-state index < -0.39 is 0 Å². The number of nitrogens with two attached hydrogens (primary N) is 1. The third-order valence-electron chi connectivity index (χ3n) is 6.52. The molecule has 9 nitrogen and oxygen atoms in total. The van der Waals surface area contributed by atoms with Crippen LogP contribution in [0, 0.1) is 11.7 Å². The molecule has 0 bridgehead atoms. The minimum absolute atomic E-state index is 0.237. The molecule has 186 valence electrons. The predicted octanol–water partition coefficient (Wildman–Crippen LogP) is 3.77. The van der Waals surface area contributed by atoms with Crippen LogP contribution in [0.1, 0.15) is 30.4 Å². The van der Waals surface area contributed by atoms with Crippen LogP contribution in [0.3, 0.4) is 0 Å². The molecular formula is C26H29FN8O. The summed E-state index contributed by atoms with van der Waals surface area (Å²) in [5, 5.41) is 24.5. The van der Waals surface area contributed by atoms with Gasteiger partial charge >= 0.3 is 0 Å². The first-order chi connectivity index (χ1) is 17.6. The van der Waals surface area contributed by atoms with Crippen molar-refractivity contribution >= 4 is 34.4 Å². The SMILES string of the molecule is Nc1ncnc(Nc2ccc3c(cnn3Cc3cccc(F)c3)c2)c1/C=N/N1CCC(CCO)CC1. The minimum Gasteiger partial charge on any atom is -0.396 e. The zero-order valence-electron chi connectivity index (χ0n) is 19.9. The molecule has 0 atom stereocenters. The van der Waals surface area contributed by atoms with Gasteiger partial charge in [0.1, 0.15) is 23.8 Å². The molecule has 2 aromatic heterocycles. The van der Waals surface area contributed by atoms with Crippen LogP contribution >= 0.6 is 0 Å². The number of hydrazone groups is 1. The van der Waals surface area contributed by atoms with Crippen LogP contribution in [0.4, 0.5) is 21.7 Å². The summed E-state index contributed by atoms with van der Waals surface area (Å²) in [7, 11) is 0. The normalized spacial score (nSPS) is 14.7. The van der Waals surface area contributed by atoms with Crippen molar-refractivity contribution in [1.29, 1.82) is 0 Å². The number of aliphatic hydroxyl groups excluding tert-OH is 1. The monoisotopic (exact) mass is 488 g/mol. The third kappa shape index (κ3) is 5.44. The second kappa shape index (κ2) is 10.7. The van der Waals surface area contributed by atoms with E-state index in [1.165, 1.54) is 18.5 Å². The topological polar surface area (TPSA) is 117 Å². The van der Waals surface area contributed by atoms with Crippen molar-refractivity contribution in [2.45, 2.75) is 25.8 Å². The van der Waals surface area contributed by atoms with Gasteiger partial charge < -0.3 is 16.2 Å². The Morgan fingerprint density at radius 3 is 2.83 bits per heavy atom. The minimum atomic E-state index is -0.259. The van der Waals surface area contributed by atoms with E-state index in [0.29, 0.717) is 29.7 Å². The zero-order valence-corrected chi connectivity index (χ0v) is 19.9. The number of fused-ring (bicyclic) bond motifs is 1. The molecule has 5 rings (SSSR count). The lowest BCUT2D eigenvalue weighted by Crippen LogP contribution is -2.30. The van der Waals surface area contributed by atoms with E-state index in [1.807, 2.05) is 34.0 Å². The molecule has 1 saturated heterocycles. The average Bonchev–Trinajstić information content (AvgIpc) is 3.26. The standard InChI is InChI=1S/C26H29FN8O/c27-21-3-1-2-19(12-21)16-35-24-5-4-22(13-20(24)14-32-35)33-26-23(25(28)29-17-30-26)15-31-34-9-6-18(7-10-34)8-11-36/h1-5,12-15,17-18,36H,6-11,16H2,(H3,28,29,30,33)/b31-15+. The van der Waals surface area contributed by atoms with E-state index in [1.54, 1.807) is 18.5 Å². The highest BCUT2D eigenvalue weighted by molar-refractivity contribution is 5.93. The quantitative estimate of drug-likeness (QED) is 0.323. The molecule has 36 heavy (non-hydrogen) atoms. The van der Waals surface area contributed by atoms with E-state index >= 15 is 0 Å². The number of benzene rings is 2. The Kier molecular flexibility index (Phi) is 7.03. The summed E-state index contributed by atoms with van der Waals surface area (Å²) >= 11 is 0. The molecule has 3 heterocycles. The van der Waals surface area contributed by atoms with E-state index in [4.69, 9.17) is 10.8 Å². The number of anilines is 3. The van der Waals surface area contributed by atoms with E-state index in [0.717, 1.165) is 54.5 Å². The fraction of sp³-hybridized carbons (Fsp3) is 0.308. The van der Waals surface area contributed by atoms with Gasteiger partial charge in [0.2, 0.25) is 0 Å². The van der Waals surface area contributed by atoms with Crippen molar-refractivity contribution in [2.75, 3.05) is 30.7 Å². The lowest BCUT2D eigenvalue weighted by molar-refractivity contribution is 0.163. The van der Waals surface area contributed by atoms with Crippen molar-refractivity contribution in [3.05, 3.63) is 71.9 Å². The Labute approximate surface area is 208 Å². The highest BCUT2D eigenvalue weighted by Crippen LogP contribution is 2.25. The summed E-state index contributed by atoms with van der Waals surface area (Å²) < 4.78 is 15.4. The zero-order chi connectivity index (χ0) is 24.9. The summed E-state index contributed by atoms with van der Waals surface area (Å²) in [5.41, 5.74) is 9.40. The molecule has 2 aromatic carbocycles. The molecule has 0 amide bonds. The van der Waals surface area contributed by atoms with Gasteiger partial charge in [-0.25, -0.2) is 14.4 Å². The number of aromatic nitrogens is 4. The van der Waals surface area contributed by atoms with Gasteiger partial charge in [-0.1, -0.05) is 12.1 Å². The molecule has 0 radical (unpaired) electrons. The molecule has 0 aliphatic carbocycles. The molecule has 0 spiro atoms. The van der Waals surface area contributed by atoms with Gasteiger partial charge in [0.05, 0.1) is 30.0 Å². The number of aliphatic hydroxyl groups is 1. The summed E-state index contributed by atoms with van der Waals surface area (Å²) in [6.07, 6.45) is 7.79. The maximum Gasteiger partial charge on any atom is 0.144 e. The average molecular weight is 489 g/mol. The number of piperidine rings is 1. The van der Waals surface area contributed by atoms with Crippen LogP contribution in [0.15, 0.2) is 60.1 Å². The van der Waals surface area contributed by atoms with E-state index in [2.05, 4.69) is 25.5 Å². The lowest BCUT2D eigenvalue weighted by atomic mass is 9.95. The van der Waals surface area contributed by atoms with Crippen molar-refractivity contribution in [3.8, 4) is 0 Å². The first kappa shape index (κ1) is 23.7. The molecule has 4 N–H and O–H groups in total. The molecule has 1 fully saturated rings. The molecule has 0 unspecified atom stereocenters. The Morgan fingerprint density at radius 2 is 2.03 bits per heavy atom. The highest BCUT2D eigenvalue weighted by atomic mass is 19.1. The van der Waals surface area contributed by atoms with Crippen LogP contribution in [0.5, 0.6) is 0 Å². The van der Waals surface area contributed by atoms with Gasteiger partial charge in [-0.15, -0.1) is 0 Å². The van der Waals surface area contributed by atoms with Crippen LogP contribution in [0.25, 0.3) is 10.9 Å². The smallest absolute Gasteiger partial charge is 0.144 e. The maximum absolute atomic E-state index is 13.6. The molecule has 4 aromatic rings. The predicted molar refractivity (Wildman–Crippen MR) is 139 cm³/mol. The van der Waals surface area contributed by atoms with Gasteiger partial charge in [-0.2, -0.15) is 10.2 Å². The van der Waals surface area contributed by atoms with Crippen LogP contribution < -0.4 is 11.1 Å². The Balaban J connectivity index is 1.31. The van der Waals surface area contributed by atoms with Crippen molar-refractivity contribution in [1.82, 2.24) is 24.8 Å². The molecule has 0 saturated carbocycles. The molecule has 1 aliphatic rings. The lowest BCUT2D eigenvalue weighted by Gasteiger charge is -2.29. The summed E-state index contributed by atoms with van der Waals surface area (Å²) in [4.78, 5) is 8.52. The van der Waals surface area contributed by atoms with Gasteiger partial charge in [-0.3, -0.25) is 9.69 Å². The van der Waals surface area contributed by atoms with Crippen LogP contribution in [0.2, 0.25) is 0 Å². The molecule has 10 heteroatoms. The highest BCUT2D eigenvalue weighted by Gasteiger charge is 2.18.